The Morgan fingerprint density at radius 3 is 2.53 bits per heavy atom. The molecule has 0 aliphatic rings. The van der Waals surface area contributed by atoms with E-state index < -0.39 is 0 Å². The number of aryl methyl sites for hydroxylation is 1. The van der Waals surface area contributed by atoms with Crippen molar-refractivity contribution in [3.05, 3.63) is 58.3 Å². The molecule has 0 fully saturated rings. The standard InChI is InChI=1S/C13H10BrF/c1-9-7-12(15)5-6-13(9)10-3-2-4-11(14)8-10/h2-8H,1H3. The summed E-state index contributed by atoms with van der Waals surface area (Å²) in [5, 5.41) is 0. The van der Waals surface area contributed by atoms with E-state index in [1.54, 1.807) is 6.07 Å². The molecule has 0 nitrogen and oxygen atoms in total. The molecule has 76 valence electrons. The lowest BCUT2D eigenvalue weighted by atomic mass is 10.0. The zero-order valence-corrected chi connectivity index (χ0v) is 9.88. The van der Waals surface area contributed by atoms with Crippen LogP contribution in [0, 0.1) is 12.7 Å². The molecule has 0 saturated heterocycles. The summed E-state index contributed by atoms with van der Waals surface area (Å²) in [6, 6.07) is 12.8. The molecule has 0 spiro atoms. The van der Waals surface area contributed by atoms with Crippen LogP contribution in [0.3, 0.4) is 0 Å². The number of benzene rings is 2. The fourth-order valence-electron chi connectivity index (χ4n) is 1.61. The molecule has 0 bridgehead atoms. The van der Waals surface area contributed by atoms with Crippen molar-refractivity contribution in [3.63, 3.8) is 0 Å². The minimum Gasteiger partial charge on any atom is -0.207 e. The summed E-state index contributed by atoms with van der Waals surface area (Å²) < 4.78 is 14.0. The van der Waals surface area contributed by atoms with Crippen LogP contribution in [0.2, 0.25) is 0 Å². The maximum Gasteiger partial charge on any atom is 0.123 e. The summed E-state index contributed by atoms with van der Waals surface area (Å²) in [5.74, 6) is -0.189. The Balaban J connectivity index is 2.54. The first-order chi connectivity index (χ1) is 7.16. The van der Waals surface area contributed by atoms with Gasteiger partial charge in [-0.1, -0.05) is 34.1 Å². The van der Waals surface area contributed by atoms with Gasteiger partial charge in [0.1, 0.15) is 5.82 Å². The molecule has 0 aromatic heterocycles. The summed E-state index contributed by atoms with van der Waals surface area (Å²) in [4.78, 5) is 0. The summed E-state index contributed by atoms with van der Waals surface area (Å²) >= 11 is 3.42. The van der Waals surface area contributed by atoms with Crippen molar-refractivity contribution < 1.29 is 4.39 Å². The SMILES string of the molecule is Cc1cc(F)ccc1-c1cccc(Br)c1. The van der Waals surface area contributed by atoms with Crippen molar-refractivity contribution in [2.75, 3.05) is 0 Å². The van der Waals surface area contributed by atoms with E-state index in [2.05, 4.69) is 15.9 Å². The van der Waals surface area contributed by atoms with E-state index in [1.807, 2.05) is 37.3 Å². The third kappa shape index (κ3) is 2.26. The summed E-state index contributed by atoms with van der Waals surface area (Å²) in [5.41, 5.74) is 3.12. The molecule has 0 N–H and O–H groups in total. The van der Waals surface area contributed by atoms with Gasteiger partial charge in [0.25, 0.3) is 0 Å². The Morgan fingerprint density at radius 2 is 1.87 bits per heavy atom. The van der Waals surface area contributed by atoms with Gasteiger partial charge in [0.15, 0.2) is 0 Å². The quantitative estimate of drug-likeness (QED) is 0.708. The van der Waals surface area contributed by atoms with E-state index in [0.717, 1.165) is 21.2 Å². The normalized spacial score (nSPS) is 10.3. The van der Waals surface area contributed by atoms with Gasteiger partial charge < -0.3 is 0 Å². The van der Waals surface area contributed by atoms with E-state index in [4.69, 9.17) is 0 Å². The van der Waals surface area contributed by atoms with Crippen LogP contribution in [0.1, 0.15) is 5.56 Å². The van der Waals surface area contributed by atoms with E-state index in [9.17, 15) is 4.39 Å². The van der Waals surface area contributed by atoms with Gasteiger partial charge in [-0.25, -0.2) is 4.39 Å². The Kier molecular flexibility index (Phi) is 2.87. The Morgan fingerprint density at radius 1 is 1.07 bits per heavy atom. The van der Waals surface area contributed by atoms with Gasteiger partial charge in [0.05, 0.1) is 0 Å². The van der Waals surface area contributed by atoms with Crippen LogP contribution >= 0.6 is 15.9 Å². The van der Waals surface area contributed by atoms with Gasteiger partial charge in [-0.15, -0.1) is 0 Å². The van der Waals surface area contributed by atoms with E-state index >= 15 is 0 Å². The molecule has 2 aromatic carbocycles. The number of hydrogen-bond donors (Lipinski definition) is 0. The van der Waals surface area contributed by atoms with E-state index in [1.165, 1.54) is 6.07 Å². The fraction of sp³-hybridized carbons (Fsp3) is 0.0769. The fourth-order valence-corrected chi connectivity index (χ4v) is 2.01. The predicted molar refractivity (Wildman–Crippen MR) is 64.3 cm³/mol. The molecule has 0 unspecified atom stereocenters. The molecule has 2 heteroatoms. The molecule has 0 aliphatic heterocycles. The van der Waals surface area contributed by atoms with Gasteiger partial charge in [-0.05, 0) is 47.9 Å². The summed E-state index contributed by atoms with van der Waals surface area (Å²) in [6.45, 7) is 1.92. The van der Waals surface area contributed by atoms with Gasteiger partial charge in [0.2, 0.25) is 0 Å². The van der Waals surface area contributed by atoms with E-state index in [-0.39, 0.29) is 5.82 Å². The number of hydrogen-bond acceptors (Lipinski definition) is 0. The molecule has 2 rings (SSSR count). The van der Waals surface area contributed by atoms with Crippen molar-refractivity contribution in [3.8, 4) is 11.1 Å². The Labute approximate surface area is 96.9 Å². The first kappa shape index (κ1) is 10.4. The highest BCUT2D eigenvalue weighted by molar-refractivity contribution is 9.10. The minimum atomic E-state index is -0.189. The summed E-state index contributed by atoms with van der Waals surface area (Å²) in [6.07, 6.45) is 0. The zero-order chi connectivity index (χ0) is 10.8. The minimum absolute atomic E-state index is 0.189. The Bertz CT molecular complexity index is 492. The summed E-state index contributed by atoms with van der Waals surface area (Å²) in [7, 11) is 0. The maximum atomic E-state index is 12.9. The topological polar surface area (TPSA) is 0 Å². The second-order valence-corrected chi connectivity index (χ2v) is 4.39. The third-order valence-electron chi connectivity index (χ3n) is 2.32. The highest BCUT2D eigenvalue weighted by atomic mass is 79.9. The van der Waals surface area contributed by atoms with Crippen molar-refractivity contribution in [2.24, 2.45) is 0 Å². The lowest BCUT2D eigenvalue weighted by molar-refractivity contribution is 0.627. The first-order valence-electron chi connectivity index (χ1n) is 4.69. The molecule has 2 aromatic rings. The largest absolute Gasteiger partial charge is 0.207 e. The monoisotopic (exact) mass is 264 g/mol. The van der Waals surface area contributed by atoms with Crippen molar-refractivity contribution >= 4 is 15.9 Å². The zero-order valence-electron chi connectivity index (χ0n) is 8.30. The lowest BCUT2D eigenvalue weighted by Gasteiger charge is -2.06. The molecular weight excluding hydrogens is 255 g/mol. The highest BCUT2D eigenvalue weighted by Gasteiger charge is 2.02. The van der Waals surface area contributed by atoms with Crippen LogP contribution < -0.4 is 0 Å². The van der Waals surface area contributed by atoms with Crippen LogP contribution in [0.25, 0.3) is 11.1 Å². The van der Waals surface area contributed by atoms with Crippen molar-refractivity contribution in [1.82, 2.24) is 0 Å². The smallest absolute Gasteiger partial charge is 0.123 e. The number of halogens is 2. The van der Waals surface area contributed by atoms with Crippen molar-refractivity contribution in [1.29, 1.82) is 0 Å². The van der Waals surface area contributed by atoms with E-state index in [0.29, 0.717) is 0 Å². The van der Waals surface area contributed by atoms with Gasteiger partial charge in [-0.2, -0.15) is 0 Å². The van der Waals surface area contributed by atoms with Gasteiger partial charge in [-0.3, -0.25) is 0 Å². The molecule has 0 amide bonds. The molecule has 15 heavy (non-hydrogen) atoms. The molecule has 0 radical (unpaired) electrons. The van der Waals surface area contributed by atoms with Gasteiger partial charge >= 0.3 is 0 Å². The van der Waals surface area contributed by atoms with Gasteiger partial charge in [0, 0.05) is 4.47 Å². The Hall–Kier alpha value is -1.15. The second-order valence-electron chi connectivity index (χ2n) is 3.47. The predicted octanol–water partition coefficient (Wildman–Crippen LogP) is 4.56. The first-order valence-corrected chi connectivity index (χ1v) is 5.48. The molecular formula is C13H10BrF. The average Bonchev–Trinajstić information content (AvgIpc) is 2.17. The lowest BCUT2D eigenvalue weighted by Crippen LogP contribution is -1.84. The molecule has 0 aliphatic carbocycles. The van der Waals surface area contributed by atoms with Crippen LogP contribution in [-0.2, 0) is 0 Å². The molecule has 0 atom stereocenters. The van der Waals surface area contributed by atoms with Crippen molar-refractivity contribution in [2.45, 2.75) is 6.92 Å². The maximum absolute atomic E-state index is 12.9. The molecule has 0 saturated carbocycles. The third-order valence-corrected chi connectivity index (χ3v) is 2.82. The average molecular weight is 265 g/mol. The molecule has 0 heterocycles. The van der Waals surface area contributed by atoms with Crippen LogP contribution in [0.15, 0.2) is 46.9 Å². The van der Waals surface area contributed by atoms with Crippen LogP contribution in [0.4, 0.5) is 4.39 Å². The highest BCUT2D eigenvalue weighted by Crippen LogP contribution is 2.26. The van der Waals surface area contributed by atoms with Crippen LogP contribution in [-0.4, -0.2) is 0 Å². The second kappa shape index (κ2) is 4.15. The van der Waals surface area contributed by atoms with Crippen LogP contribution in [0.5, 0.6) is 0 Å². The number of rotatable bonds is 1.